The molecule has 162 valence electrons. The summed E-state index contributed by atoms with van der Waals surface area (Å²) in [6.45, 7) is 8.31. The fourth-order valence-electron chi connectivity index (χ4n) is 3.19. The zero-order valence-electron chi connectivity index (χ0n) is 18.2. The lowest BCUT2D eigenvalue weighted by Gasteiger charge is -2.31. The van der Waals surface area contributed by atoms with E-state index in [0.29, 0.717) is 18.7 Å². The van der Waals surface area contributed by atoms with Gasteiger partial charge in [0.15, 0.2) is 0 Å². The standard InChI is InChI=1S/C24H31BrN2O2S/c1-5-22(24(29)26-17(2)3)27(14-20-9-7-6-8-18(20)4)23(28)16-30-15-19-10-12-21(25)13-11-19/h6-13,17,22H,5,14-16H2,1-4H3,(H,26,29)/t22-/m0/s1. The number of hydrogen-bond acceptors (Lipinski definition) is 3. The van der Waals surface area contributed by atoms with Crippen LogP contribution in [0, 0.1) is 6.92 Å². The molecule has 0 aliphatic rings. The molecule has 6 heteroatoms. The summed E-state index contributed by atoms with van der Waals surface area (Å²) in [6, 6.07) is 15.7. The average molecular weight is 491 g/mol. The van der Waals surface area contributed by atoms with Crippen LogP contribution < -0.4 is 5.32 Å². The van der Waals surface area contributed by atoms with Crippen molar-refractivity contribution in [2.75, 3.05) is 5.75 Å². The van der Waals surface area contributed by atoms with E-state index in [1.165, 1.54) is 5.56 Å². The van der Waals surface area contributed by atoms with E-state index in [0.717, 1.165) is 21.4 Å². The molecule has 0 unspecified atom stereocenters. The molecule has 0 spiro atoms. The van der Waals surface area contributed by atoms with Crippen LogP contribution >= 0.6 is 27.7 Å². The van der Waals surface area contributed by atoms with Crippen LogP contribution in [0.1, 0.15) is 43.9 Å². The molecule has 1 N–H and O–H groups in total. The highest BCUT2D eigenvalue weighted by Crippen LogP contribution is 2.20. The number of hydrogen-bond donors (Lipinski definition) is 1. The van der Waals surface area contributed by atoms with E-state index >= 15 is 0 Å². The van der Waals surface area contributed by atoms with E-state index in [9.17, 15) is 9.59 Å². The van der Waals surface area contributed by atoms with Gasteiger partial charge in [0, 0.05) is 22.8 Å². The van der Waals surface area contributed by atoms with Crippen LogP contribution in [0.15, 0.2) is 53.0 Å². The topological polar surface area (TPSA) is 49.4 Å². The quantitative estimate of drug-likeness (QED) is 0.489. The predicted octanol–water partition coefficient (Wildman–Crippen LogP) is 5.32. The van der Waals surface area contributed by atoms with Crippen molar-refractivity contribution >= 4 is 39.5 Å². The van der Waals surface area contributed by atoms with Crippen molar-refractivity contribution in [1.82, 2.24) is 10.2 Å². The fourth-order valence-corrected chi connectivity index (χ4v) is 4.33. The minimum Gasteiger partial charge on any atom is -0.352 e. The molecule has 2 amide bonds. The van der Waals surface area contributed by atoms with Gasteiger partial charge in [-0.15, -0.1) is 11.8 Å². The van der Waals surface area contributed by atoms with E-state index in [2.05, 4.69) is 33.4 Å². The number of halogens is 1. The van der Waals surface area contributed by atoms with Gasteiger partial charge in [-0.3, -0.25) is 9.59 Å². The van der Waals surface area contributed by atoms with Crippen LogP contribution in [0.5, 0.6) is 0 Å². The number of carbonyl (C=O) groups is 2. The lowest BCUT2D eigenvalue weighted by Crippen LogP contribution is -2.51. The lowest BCUT2D eigenvalue weighted by molar-refractivity contribution is -0.139. The van der Waals surface area contributed by atoms with Crippen molar-refractivity contribution in [2.45, 2.75) is 58.5 Å². The highest BCUT2D eigenvalue weighted by Gasteiger charge is 2.29. The number of amides is 2. The van der Waals surface area contributed by atoms with Gasteiger partial charge >= 0.3 is 0 Å². The first-order valence-electron chi connectivity index (χ1n) is 10.3. The molecular formula is C24H31BrN2O2S. The van der Waals surface area contributed by atoms with Gasteiger partial charge in [-0.05, 0) is 56.0 Å². The first-order chi connectivity index (χ1) is 14.3. The number of aryl methyl sites for hydroxylation is 1. The SMILES string of the molecule is CC[C@@H](C(=O)NC(C)C)N(Cc1ccccc1C)C(=O)CSCc1ccc(Br)cc1. The van der Waals surface area contributed by atoms with Gasteiger partial charge in [-0.2, -0.15) is 0 Å². The molecule has 0 aromatic heterocycles. The van der Waals surface area contributed by atoms with E-state index in [4.69, 9.17) is 0 Å². The van der Waals surface area contributed by atoms with Crippen LogP contribution in [0.3, 0.4) is 0 Å². The summed E-state index contributed by atoms with van der Waals surface area (Å²) in [7, 11) is 0. The molecule has 0 radical (unpaired) electrons. The van der Waals surface area contributed by atoms with Crippen molar-refractivity contribution in [3.05, 3.63) is 69.7 Å². The summed E-state index contributed by atoms with van der Waals surface area (Å²) in [4.78, 5) is 27.8. The van der Waals surface area contributed by atoms with Gasteiger partial charge in [0.1, 0.15) is 6.04 Å². The molecule has 0 saturated heterocycles. The summed E-state index contributed by atoms with van der Waals surface area (Å²) in [5.74, 6) is 0.998. The maximum atomic E-state index is 13.2. The molecule has 0 aliphatic heterocycles. The Morgan fingerprint density at radius 2 is 1.77 bits per heavy atom. The third kappa shape index (κ3) is 7.47. The van der Waals surface area contributed by atoms with Gasteiger partial charge in [0.25, 0.3) is 0 Å². The summed E-state index contributed by atoms with van der Waals surface area (Å²) in [5.41, 5.74) is 3.36. The molecule has 0 heterocycles. The van der Waals surface area contributed by atoms with Gasteiger partial charge in [-0.1, -0.05) is 59.3 Å². The van der Waals surface area contributed by atoms with Crippen molar-refractivity contribution in [3.8, 4) is 0 Å². The Labute approximate surface area is 192 Å². The van der Waals surface area contributed by atoms with Gasteiger partial charge in [-0.25, -0.2) is 0 Å². The van der Waals surface area contributed by atoms with E-state index in [1.807, 2.05) is 64.1 Å². The smallest absolute Gasteiger partial charge is 0.243 e. The molecule has 4 nitrogen and oxygen atoms in total. The molecule has 2 rings (SSSR count). The van der Waals surface area contributed by atoms with Gasteiger partial charge < -0.3 is 10.2 Å². The highest BCUT2D eigenvalue weighted by atomic mass is 79.9. The minimum absolute atomic E-state index is 0.00822. The highest BCUT2D eigenvalue weighted by molar-refractivity contribution is 9.10. The summed E-state index contributed by atoms with van der Waals surface area (Å²) >= 11 is 5.02. The van der Waals surface area contributed by atoms with Gasteiger partial charge in [0.05, 0.1) is 5.75 Å². The second-order valence-electron chi connectivity index (χ2n) is 7.65. The maximum Gasteiger partial charge on any atom is 0.243 e. The summed E-state index contributed by atoms with van der Waals surface area (Å²) in [6.07, 6.45) is 0.577. The zero-order chi connectivity index (χ0) is 22.1. The van der Waals surface area contributed by atoms with Gasteiger partial charge in [0.2, 0.25) is 11.8 Å². The third-order valence-electron chi connectivity index (χ3n) is 4.83. The number of nitrogens with zero attached hydrogens (tertiary/aromatic N) is 1. The second kappa shape index (κ2) is 12.2. The lowest BCUT2D eigenvalue weighted by atomic mass is 10.1. The van der Waals surface area contributed by atoms with Crippen molar-refractivity contribution in [1.29, 1.82) is 0 Å². The maximum absolute atomic E-state index is 13.2. The summed E-state index contributed by atoms with van der Waals surface area (Å²) in [5, 5.41) is 2.97. The Kier molecular flexibility index (Phi) is 9.92. The molecule has 0 fully saturated rings. The largest absolute Gasteiger partial charge is 0.352 e. The van der Waals surface area contributed by atoms with Crippen molar-refractivity contribution < 1.29 is 9.59 Å². The Balaban J connectivity index is 2.13. The molecule has 2 aromatic carbocycles. The number of nitrogens with one attached hydrogen (secondary N) is 1. The third-order valence-corrected chi connectivity index (χ3v) is 6.34. The molecule has 1 atom stereocenters. The zero-order valence-corrected chi connectivity index (χ0v) is 20.6. The first kappa shape index (κ1) is 24.5. The predicted molar refractivity (Wildman–Crippen MR) is 129 cm³/mol. The van der Waals surface area contributed by atoms with E-state index in [1.54, 1.807) is 16.7 Å². The molecule has 2 aromatic rings. The Morgan fingerprint density at radius 1 is 1.10 bits per heavy atom. The van der Waals surface area contributed by atoms with E-state index in [-0.39, 0.29) is 17.9 Å². The van der Waals surface area contributed by atoms with Crippen molar-refractivity contribution in [2.24, 2.45) is 0 Å². The molecule has 0 bridgehead atoms. The first-order valence-corrected chi connectivity index (χ1v) is 12.2. The Bertz CT molecular complexity index is 839. The van der Waals surface area contributed by atoms with Crippen LogP contribution in [0.4, 0.5) is 0 Å². The van der Waals surface area contributed by atoms with Crippen molar-refractivity contribution in [3.63, 3.8) is 0 Å². The molecule has 0 aliphatic carbocycles. The van der Waals surface area contributed by atoms with E-state index < -0.39 is 6.04 Å². The molecular weight excluding hydrogens is 460 g/mol. The average Bonchev–Trinajstić information content (AvgIpc) is 2.70. The number of carbonyl (C=O) groups excluding carboxylic acids is 2. The number of thioether (sulfide) groups is 1. The number of rotatable bonds is 10. The Morgan fingerprint density at radius 3 is 2.37 bits per heavy atom. The minimum atomic E-state index is -0.479. The Hall–Kier alpha value is -1.79. The monoisotopic (exact) mass is 490 g/mol. The second-order valence-corrected chi connectivity index (χ2v) is 9.56. The van der Waals surface area contributed by atoms with Crippen LogP contribution in [0.25, 0.3) is 0 Å². The number of benzene rings is 2. The normalized spacial score (nSPS) is 11.9. The van der Waals surface area contributed by atoms with Crippen LogP contribution in [-0.4, -0.2) is 34.6 Å². The van der Waals surface area contributed by atoms with Crippen LogP contribution in [0.2, 0.25) is 0 Å². The molecule has 30 heavy (non-hydrogen) atoms. The molecule has 0 saturated carbocycles. The fraction of sp³-hybridized carbons (Fsp3) is 0.417. The van der Waals surface area contributed by atoms with Crippen LogP contribution in [-0.2, 0) is 21.9 Å². The summed E-state index contributed by atoms with van der Waals surface area (Å²) < 4.78 is 1.04.